The Balaban J connectivity index is 1.77. The molecule has 1 N–H and O–H groups in total. The van der Waals surface area contributed by atoms with Gasteiger partial charge in [-0.25, -0.2) is 0 Å². The molecule has 0 radical (unpaired) electrons. The number of nitrogens with zero attached hydrogens (tertiary/aromatic N) is 2. The number of halogens is 1. The summed E-state index contributed by atoms with van der Waals surface area (Å²) < 4.78 is 10.9. The van der Waals surface area contributed by atoms with Crippen molar-refractivity contribution in [1.82, 2.24) is 4.90 Å². The van der Waals surface area contributed by atoms with Crippen molar-refractivity contribution in [3.05, 3.63) is 52.5 Å². The maximum absolute atomic E-state index is 12.6. The van der Waals surface area contributed by atoms with Gasteiger partial charge in [-0.15, -0.1) is 0 Å². The van der Waals surface area contributed by atoms with Crippen LogP contribution in [0.25, 0.3) is 0 Å². The molecule has 1 heterocycles. The van der Waals surface area contributed by atoms with Crippen molar-refractivity contribution in [3.8, 4) is 17.6 Å². The van der Waals surface area contributed by atoms with Crippen molar-refractivity contribution in [2.75, 3.05) is 32.6 Å². The summed E-state index contributed by atoms with van der Waals surface area (Å²) >= 11 is 6.00. The summed E-state index contributed by atoms with van der Waals surface area (Å²) in [6.07, 6.45) is 1.91. The Hall–Kier alpha value is -2.75. The fraction of sp³-hybridized carbons (Fsp3) is 0.333. The van der Waals surface area contributed by atoms with Gasteiger partial charge in [-0.05, 0) is 55.8 Å². The monoisotopic (exact) mass is 399 g/mol. The van der Waals surface area contributed by atoms with E-state index in [4.69, 9.17) is 21.1 Å². The summed E-state index contributed by atoms with van der Waals surface area (Å²) in [5, 5.41) is 12.5. The molecule has 6 nitrogen and oxygen atoms in total. The zero-order valence-corrected chi connectivity index (χ0v) is 16.6. The van der Waals surface area contributed by atoms with Gasteiger partial charge in [0.05, 0.1) is 32.0 Å². The first-order valence-electron chi connectivity index (χ1n) is 9.01. The van der Waals surface area contributed by atoms with Crippen LogP contribution in [-0.4, -0.2) is 38.1 Å². The Labute approximate surface area is 169 Å². The van der Waals surface area contributed by atoms with Gasteiger partial charge in [0.15, 0.2) is 0 Å². The van der Waals surface area contributed by atoms with E-state index >= 15 is 0 Å². The molecule has 146 valence electrons. The SMILES string of the molecule is COc1ccc(OC)c([C@H]2CCCN2CC(=O)Nc2cc(Cl)ccc2C#N)c1. The van der Waals surface area contributed by atoms with Crippen LogP contribution in [0.15, 0.2) is 36.4 Å². The van der Waals surface area contributed by atoms with Gasteiger partial charge < -0.3 is 14.8 Å². The molecule has 1 atom stereocenters. The number of carbonyl (C=O) groups excluding carboxylic acids is 1. The molecular weight excluding hydrogens is 378 g/mol. The number of nitrogens with one attached hydrogen (secondary N) is 1. The van der Waals surface area contributed by atoms with Crippen LogP contribution < -0.4 is 14.8 Å². The standard InChI is InChI=1S/C21H22ClN3O3/c1-27-16-7-8-20(28-2)17(11-16)19-4-3-9-25(19)13-21(26)24-18-10-15(22)6-5-14(18)12-23/h5-8,10-11,19H,3-4,9,13H2,1-2H3,(H,24,26)/t19-/m1/s1. The topological polar surface area (TPSA) is 74.6 Å². The Morgan fingerprint density at radius 2 is 2.11 bits per heavy atom. The molecule has 1 aliphatic rings. The maximum atomic E-state index is 12.6. The van der Waals surface area contributed by atoms with Crippen molar-refractivity contribution in [2.24, 2.45) is 0 Å². The molecule has 0 aliphatic carbocycles. The van der Waals surface area contributed by atoms with Gasteiger partial charge in [0.1, 0.15) is 17.6 Å². The van der Waals surface area contributed by atoms with Crippen molar-refractivity contribution >= 4 is 23.2 Å². The van der Waals surface area contributed by atoms with Crippen LogP contribution in [0, 0.1) is 11.3 Å². The third-order valence-electron chi connectivity index (χ3n) is 4.88. The molecule has 1 fully saturated rings. The molecule has 2 aromatic carbocycles. The number of ether oxygens (including phenoxy) is 2. The number of carbonyl (C=O) groups is 1. The summed E-state index contributed by atoms with van der Waals surface area (Å²) in [6, 6.07) is 12.6. The highest BCUT2D eigenvalue weighted by molar-refractivity contribution is 6.31. The predicted octanol–water partition coefficient (Wildman–Crippen LogP) is 4.00. The average Bonchev–Trinajstić information content (AvgIpc) is 3.15. The maximum Gasteiger partial charge on any atom is 0.238 e. The quantitative estimate of drug-likeness (QED) is 0.794. The van der Waals surface area contributed by atoms with Crippen LogP contribution in [0.2, 0.25) is 5.02 Å². The zero-order valence-electron chi connectivity index (χ0n) is 15.9. The van der Waals surface area contributed by atoms with E-state index in [0.29, 0.717) is 16.3 Å². The first-order valence-corrected chi connectivity index (χ1v) is 9.39. The van der Waals surface area contributed by atoms with Gasteiger partial charge in [-0.2, -0.15) is 5.26 Å². The van der Waals surface area contributed by atoms with E-state index in [-0.39, 0.29) is 18.5 Å². The lowest BCUT2D eigenvalue weighted by molar-refractivity contribution is -0.117. The molecule has 0 bridgehead atoms. The van der Waals surface area contributed by atoms with Crippen molar-refractivity contribution < 1.29 is 14.3 Å². The zero-order chi connectivity index (χ0) is 20.1. The molecular formula is C21H22ClN3O3. The van der Waals surface area contributed by atoms with Crippen LogP contribution in [-0.2, 0) is 4.79 Å². The summed E-state index contributed by atoms with van der Waals surface area (Å²) in [5.74, 6) is 1.34. The van der Waals surface area contributed by atoms with Gasteiger partial charge in [0, 0.05) is 16.6 Å². The van der Waals surface area contributed by atoms with Gasteiger partial charge >= 0.3 is 0 Å². The minimum absolute atomic E-state index is 0.0607. The fourth-order valence-corrected chi connectivity index (χ4v) is 3.73. The van der Waals surface area contributed by atoms with Gasteiger partial charge in [-0.3, -0.25) is 9.69 Å². The molecule has 0 unspecified atom stereocenters. The van der Waals surface area contributed by atoms with Crippen LogP contribution in [0.3, 0.4) is 0 Å². The minimum Gasteiger partial charge on any atom is -0.497 e. The van der Waals surface area contributed by atoms with Gasteiger partial charge in [0.25, 0.3) is 0 Å². The molecule has 3 rings (SSSR count). The second-order valence-corrected chi connectivity index (χ2v) is 7.02. The molecule has 28 heavy (non-hydrogen) atoms. The highest BCUT2D eigenvalue weighted by Gasteiger charge is 2.30. The number of hydrogen-bond donors (Lipinski definition) is 1. The predicted molar refractivity (Wildman–Crippen MR) is 108 cm³/mol. The molecule has 0 spiro atoms. The number of methoxy groups -OCH3 is 2. The summed E-state index contributed by atoms with van der Waals surface area (Å²) in [4.78, 5) is 14.8. The minimum atomic E-state index is -0.187. The molecule has 1 amide bonds. The van der Waals surface area contributed by atoms with Crippen LogP contribution in [0.1, 0.15) is 30.0 Å². The van der Waals surface area contributed by atoms with Gasteiger partial charge in [0.2, 0.25) is 5.91 Å². The highest BCUT2D eigenvalue weighted by atomic mass is 35.5. The largest absolute Gasteiger partial charge is 0.497 e. The van der Waals surface area contributed by atoms with Crippen molar-refractivity contribution in [2.45, 2.75) is 18.9 Å². The first-order chi connectivity index (χ1) is 13.5. The Morgan fingerprint density at radius 1 is 1.29 bits per heavy atom. The number of nitriles is 1. The highest BCUT2D eigenvalue weighted by Crippen LogP contribution is 2.38. The van der Waals surface area contributed by atoms with Gasteiger partial charge in [-0.1, -0.05) is 11.6 Å². The third kappa shape index (κ3) is 4.38. The Bertz CT molecular complexity index is 910. The number of benzene rings is 2. The molecule has 0 saturated carbocycles. The Morgan fingerprint density at radius 3 is 2.82 bits per heavy atom. The normalized spacial score (nSPS) is 16.4. The summed E-state index contributed by atoms with van der Waals surface area (Å²) in [7, 11) is 3.27. The van der Waals surface area contributed by atoms with E-state index in [2.05, 4.69) is 16.3 Å². The van der Waals surface area contributed by atoms with E-state index < -0.39 is 0 Å². The lowest BCUT2D eigenvalue weighted by Crippen LogP contribution is -2.33. The number of likely N-dealkylation sites (tertiary alicyclic amines) is 1. The second kappa shape index (κ2) is 8.96. The van der Waals surface area contributed by atoms with Crippen molar-refractivity contribution in [1.29, 1.82) is 5.26 Å². The smallest absolute Gasteiger partial charge is 0.238 e. The average molecular weight is 400 g/mol. The number of rotatable bonds is 6. The number of amides is 1. The lowest BCUT2D eigenvalue weighted by atomic mass is 10.0. The van der Waals surface area contributed by atoms with E-state index in [9.17, 15) is 10.1 Å². The second-order valence-electron chi connectivity index (χ2n) is 6.59. The summed E-state index contributed by atoms with van der Waals surface area (Å²) in [5.41, 5.74) is 1.81. The Kier molecular flexibility index (Phi) is 6.40. The third-order valence-corrected chi connectivity index (χ3v) is 5.12. The lowest BCUT2D eigenvalue weighted by Gasteiger charge is -2.26. The molecule has 2 aromatic rings. The van der Waals surface area contributed by atoms with E-state index in [1.807, 2.05) is 18.2 Å². The van der Waals surface area contributed by atoms with Crippen LogP contribution in [0.5, 0.6) is 11.5 Å². The summed E-state index contributed by atoms with van der Waals surface area (Å²) in [6.45, 7) is 1.02. The fourth-order valence-electron chi connectivity index (χ4n) is 3.56. The first kappa shape index (κ1) is 20.0. The van der Waals surface area contributed by atoms with Crippen molar-refractivity contribution in [3.63, 3.8) is 0 Å². The molecule has 7 heteroatoms. The number of hydrogen-bond acceptors (Lipinski definition) is 5. The molecule has 1 saturated heterocycles. The van der Waals surface area contributed by atoms with E-state index in [1.165, 1.54) is 0 Å². The van der Waals surface area contributed by atoms with E-state index in [0.717, 1.165) is 36.4 Å². The van der Waals surface area contributed by atoms with E-state index in [1.54, 1.807) is 32.4 Å². The van der Waals surface area contributed by atoms with Crippen LogP contribution in [0.4, 0.5) is 5.69 Å². The molecule has 0 aromatic heterocycles. The number of anilines is 1. The molecule has 1 aliphatic heterocycles. The van der Waals surface area contributed by atoms with Crippen LogP contribution >= 0.6 is 11.6 Å².